The van der Waals surface area contributed by atoms with E-state index in [1.807, 2.05) is 4.68 Å². The largest absolute Gasteiger partial charge is 0.497 e. The third-order valence-corrected chi connectivity index (χ3v) is 5.24. The summed E-state index contributed by atoms with van der Waals surface area (Å²) in [4.78, 5) is 0.217. The summed E-state index contributed by atoms with van der Waals surface area (Å²) in [6.45, 7) is 2.03. The van der Waals surface area contributed by atoms with E-state index in [-0.39, 0.29) is 11.4 Å². The first-order valence-corrected chi connectivity index (χ1v) is 8.83. The van der Waals surface area contributed by atoms with E-state index in [2.05, 4.69) is 9.82 Å². The van der Waals surface area contributed by atoms with Crippen LogP contribution in [0.2, 0.25) is 0 Å². The van der Waals surface area contributed by atoms with E-state index >= 15 is 0 Å². The predicted molar refractivity (Wildman–Crippen MR) is 83.8 cm³/mol. The van der Waals surface area contributed by atoms with Crippen LogP contribution in [-0.2, 0) is 34.3 Å². The second-order valence-electron chi connectivity index (χ2n) is 5.22. The minimum absolute atomic E-state index is 0.217. The van der Waals surface area contributed by atoms with Gasteiger partial charge in [0.15, 0.2) is 0 Å². The molecule has 0 atom stereocenters. The number of aromatic nitrogens is 2. The number of nitrogens with one attached hydrogen (secondary N) is 1. The van der Waals surface area contributed by atoms with Crippen LogP contribution in [0.1, 0.15) is 11.3 Å². The molecule has 23 heavy (non-hydrogen) atoms. The molecule has 8 heteroatoms. The van der Waals surface area contributed by atoms with Crippen molar-refractivity contribution in [3.8, 4) is 5.75 Å². The van der Waals surface area contributed by atoms with Gasteiger partial charge in [-0.1, -0.05) is 0 Å². The van der Waals surface area contributed by atoms with Crippen molar-refractivity contribution in [2.45, 2.75) is 24.5 Å². The molecule has 2 heterocycles. The molecule has 0 unspecified atom stereocenters. The molecule has 124 valence electrons. The Labute approximate surface area is 135 Å². The zero-order valence-corrected chi connectivity index (χ0v) is 13.7. The average molecular weight is 337 g/mol. The van der Waals surface area contributed by atoms with Crippen LogP contribution in [0.15, 0.2) is 35.4 Å². The van der Waals surface area contributed by atoms with Gasteiger partial charge in [-0.05, 0) is 24.3 Å². The molecular weight excluding hydrogens is 318 g/mol. The molecule has 2 aromatic rings. The Morgan fingerprint density at radius 1 is 1.35 bits per heavy atom. The first-order valence-electron chi connectivity index (χ1n) is 7.35. The Morgan fingerprint density at radius 3 is 2.87 bits per heavy atom. The van der Waals surface area contributed by atoms with Crippen LogP contribution in [-0.4, -0.2) is 38.5 Å². The van der Waals surface area contributed by atoms with Crippen molar-refractivity contribution in [3.63, 3.8) is 0 Å². The van der Waals surface area contributed by atoms with Gasteiger partial charge < -0.3 is 9.47 Å². The monoisotopic (exact) mass is 337 g/mol. The fraction of sp³-hybridized carbons (Fsp3) is 0.400. The fourth-order valence-corrected chi connectivity index (χ4v) is 3.55. The molecule has 0 bridgehead atoms. The summed E-state index contributed by atoms with van der Waals surface area (Å²) in [6, 6.07) is 6.29. The SMILES string of the molecule is COc1ccc(S(=O)(=O)NCCn2ncc3c2CCOC3)cc1. The molecule has 3 rings (SSSR count). The number of rotatable bonds is 6. The lowest BCUT2D eigenvalue weighted by atomic mass is 10.2. The number of methoxy groups -OCH3 is 1. The van der Waals surface area contributed by atoms with E-state index in [0.717, 1.165) is 17.7 Å². The second-order valence-corrected chi connectivity index (χ2v) is 6.98. The summed E-state index contributed by atoms with van der Waals surface area (Å²) >= 11 is 0. The van der Waals surface area contributed by atoms with Crippen molar-refractivity contribution in [1.82, 2.24) is 14.5 Å². The quantitative estimate of drug-likeness (QED) is 0.848. The second kappa shape index (κ2) is 6.69. The van der Waals surface area contributed by atoms with Gasteiger partial charge in [0.2, 0.25) is 10.0 Å². The van der Waals surface area contributed by atoms with E-state index in [1.54, 1.807) is 18.3 Å². The van der Waals surface area contributed by atoms with Crippen molar-refractivity contribution in [2.24, 2.45) is 0 Å². The van der Waals surface area contributed by atoms with E-state index in [9.17, 15) is 8.42 Å². The van der Waals surface area contributed by atoms with E-state index < -0.39 is 10.0 Å². The standard InChI is InChI=1S/C15H19N3O4S/c1-21-13-2-4-14(5-3-13)23(19,20)17-7-8-18-15-6-9-22-11-12(15)10-16-18/h2-5,10,17H,6-9,11H2,1H3. The molecule has 7 nitrogen and oxygen atoms in total. The maximum absolute atomic E-state index is 12.2. The number of ether oxygens (including phenoxy) is 2. The number of hydrogen-bond donors (Lipinski definition) is 1. The van der Waals surface area contributed by atoms with Gasteiger partial charge in [-0.2, -0.15) is 5.10 Å². The highest BCUT2D eigenvalue weighted by atomic mass is 32.2. The van der Waals surface area contributed by atoms with E-state index in [0.29, 0.717) is 25.5 Å². The number of nitrogens with zero attached hydrogens (tertiary/aromatic N) is 2. The van der Waals surface area contributed by atoms with Gasteiger partial charge in [-0.25, -0.2) is 13.1 Å². The number of sulfonamides is 1. The van der Waals surface area contributed by atoms with Crippen LogP contribution in [0.4, 0.5) is 0 Å². The van der Waals surface area contributed by atoms with Crippen molar-refractivity contribution in [1.29, 1.82) is 0 Å². The lowest BCUT2D eigenvalue weighted by Crippen LogP contribution is -2.28. The maximum Gasteiger partial charge on any atom is 0.240 e. The Hall–Kier alpha value is -1.90. The molecule has 1 aliphatic heterocycles. The minimum Gasteiger partial charge on any atom is -0.497 e. The highest BCUT2D eigenvalue weighted by Gasteiger charge is 2.17. The van der Waals surface area contributed by atoms with E-state index in [1.165, 1.54) is 19.2 Å². The Morgan fingerprint density at radius 2 is 2.13 bits per heavy atom. The van der Waals surface area contributed by atoms with Crippen LogP contribution in [0.25, 0.3) is 0 Å². The van der Waals surface area contributed by atoms with Crippen LogP contribution >= 0.6 is 0 Å². The number of hydrogen-bond acceptors (Lipinski definition) is 5. The number of benzene rings is 1. The molecule has 1 N–H and O–H groups in total. The normalized spacial score (nSPS) is 14.5. The molecule has 1 aliphatic rings. The lowest BCUT2D eigenvalue weighted by molar-refractivity contribution is 0.109. The zero-order chi connectivity index (χ0) is 16.3. The summed E-state index contributed by atoms with van der Waals surface area (Å²) < 4.78 is 39.3. The molecule has 0 spiro atoms. The smallest absolute Gasteiger partial charge is 0.240 e. The first-order chi connectivity index (χ1) is 11.1. The Kier molecular flexibility index (Phi) is 4.65. The van der Waals surface area contributed by atoms with Gasteiger partial charge in [0.1, 0.15) is 5.75 Å². The van der Waals surface area contributed by atoms with Gasteiger partial charge in [0.05, 0.1) is 38.0 Å². The molecule has 0 radical (unpaired) electrons. The van der Waals surface area contributed by atoms with Crippen LogP contribution < -0.4 is 9.46 Å². The number of fused-ring (bicyclic) bond motifs is 1. The molecular formula is C15H19N3O4S. The van der Waals surface area contributed by atoms with Gasteiger partial charge in [-0.15, -0.1) is 0 Å². The molecule has 0 amide bonds. The highest BCUT2D eigenvalue weighted by Crippen LogP contribution is 2.17. The molecule has 1 aromatic heterocycles. The predicted octanol–water partition coefficient (Wildman–Crippen LogP) is 0.943. The fourth-order valence-electron chi connectivity index (χ4n) is 2.53. The summed E-state index contributed by atoms with van der Waals surface area (Å²) in [5, 5.41) is 4.30. The summed E-state index contributed by atoms with van der Waals surface area (Å²) in [5.74, 6) is 0.620. The Balaban J connectivity index is 1.62. The van der Waals surface area contributed by atoms with Crippen molar-refractivity contribution >= 4 is 10.0 Å². The summed E-state index contributed by atoms with van der Waals surface area (Å²) in [5.41, 5.74) is 2.20. The third-order valence-electron chi connectivity index (χ3n) is 3.76. The van der Waals surface area contributed by atoms with Gasteiger partial charge in [0.25, 0.3) is 0 Å². The first kappa shape index (κ1) is 16.0. The van der Waals surface area contributed by atoms with Gasteiger partial charge in [0, 0.05) is 24.2 Å². The molecule has 0 aliphatic carbocycles. The Bertz CT molecular complexity index is 769. The van der Waals surface area contributed by atoms with Crippen LogP contribution in [0.5, 0.6) is 5.75 Å². The maximum atomic E-state index is 12.2. The van der Waals surface area contributed by atoms with Gasteiger partial charge in [-0.3, -0.25) is 4.68 Å². The average Bonchev–Trinajstić information content (AvgIpc) is 2.98. The minimum atomic E-state index is -3.53. The van der Waals surface area contributed by atoms with Crippen molar-refractivity contribution < 1.29 is 17.9 Å². The van der Waals surface area contributed by atoms with Crippen LogP contribution in [0, 0.1) is 0 Å². The van der Waals surface area contributed by atoms with Crippen molar-refractivity contribution in [3.05, 3.63) is 41.7 Å². The topological polar surface area (TPSA) is 82.5 Å². The zero-order valence-electron chi connectivity index (χ0n) is 12.9. The summed E-state index contributed by atoms with van der Waals surface area (Å²) in [6.07, 6.45) is 2.59. The molecule has 1 aromatic carbocycles. The van der Waals surface area contributed by atoms with Crippen LogP contribution in [0.3, 0.4) is 0 Å². The lowest BCUT2D eigenvalue weighted by Gasteiger charge is -2.15. The molecule has 0 saturated carbocycles. The van der Waals surface area contributed by atoms with E-state index in [4.69, 9.17) is 9.47 Å². The highest BCUT2D eigenvalue weighted by molar-refractivity contribution is 7.89. The third kappa shape index (κ3) is 3.54. The molecule has 0 saturated heterocycles. The van der Waals surface area contributed by atoms with Crippen molar-refractivity contribution in [2.75, 3.05) is 20.3 Å². The van der Waals surface area contributed by atoms with Gasteiger partial charge >= 0.3 is 0 Å². The summed E-state index contributed by atoms with van der Waals surface area (Å²) in [7, 11) is -1.99. The molecule has 0 fully saturated rings.